The molecule has 5 heteroatoms. The molecule has 1 aromatic heterocycles. The van der Waals surface area contributed by atoms with Crippen molar-refractivity contribution in [2.45, 2.75) is 18.9 Å². The van der Waals surface area contributed by atoms with Gasteiger partial charge in [0.05, 0.1) is 6.07 Å². The Morgan fingerprint density at radius 2 is 2.15 bits per heavy atom. The number of hydrogen-bond donors (Lipinski definition) is 1. The highest BCUT2D eigenvalue weighted by atomic mass is 16.1. The highest BCUT2D eigenvalue weighted by Gasteiger charge is 2.18. The number of nitrogens with one attached hydrogen (secondary N) is 1. The fourth-order valence-electron chi connectivity index (χ4n) is 1.92. The van der Waals surface area contributed by atoms with Gasteiger partial charge in [0.15, 0.2) is 0 Å². The molecule has 102 valence electrons. The third-order valence-electron chi connectivity index (χ3n) is 2.95. The Hall–Kier alpha value is -2.61. The molecular formula is C15H16N4O. The molecule has 2 rings (SSSR count). The van der Waals surface area contributed by atoms with E-state index in [4.69, 9.17) is 5.26 Å². The summed E-state index contributed by atoms with van der Waals surface area (Å²) in [5.74, 6) is -1.000. The summed E-state index contributed by atoms with van der Waals surface area (Å²) in [4.78, 5) is 12.0. The molecule has 0 aliphatic rings. The van der Waals surface area contributed by atoms with Crippen LogP contribution in [0.4, 0.5) is 0 Å². The molecule has 0 fully saturated rings. The molecule has 1 unspecified atom stereocenters. The number of nitrogens with zero attached hydrogens (tertiary/aromatic N) is 3. The Kier molecular flexibility index (Phi) is 4.90. The molecule has 5 nitrogen and oxygen atoms in total. The molecule has 0 saturated carbocycles. The summed E-state index contributed by atoms with van der Waals surface area (Å²) < 4.78 is 1.81. The summed E-state index contributed by atoms with van der Waals surface area (Å²) in [6.07, 6.45) is 4.38. The maximum atomic E-state index is 12.0. The summed E-state index contributed by atoms with van der Waals surface area (Å²) in [5.41, 5.74) is 0.722. The molecule has 1 amide bonds. The van der Waals surface area contributed by atoms with Gasteiger partial charge in [-0.2, -0.15) is 10.4 Å². The molecule has 1 atom stereocenters. The molecule has 20 heavy (non-hydrogen) atoms. The lowest BCUT2D eigenvalue weighted by Gasteiger charge is -2.10. The fourth-order valence-corrected chi connectivity index (χ4v) is 1.92. The van der Waals surface area contributed by atoms with Crippen molar-refractivity contribution in [1.82, 2.24) is 15.1 Å². The van der Waals surface area contributed by atoms with E-state index >= 15 is 0 Å². The number of aryl methyl sites for hydroxylation is 1. The third-order valence-corrected chi connectivity index (χ3v) is 2.95. The Morgan fingerprint density at radius 3 is 2.80 bits per heavy atom. The summed E-state index contributed by atoms with van der Waals surface area (Å²) in [6, 6.07) is 13.0. The van der Waals surface area contributed by atoms with Crippen molar-refractivity contribution in [2.75, 3.05) is 6.54 Å². The van der Waals surface area contributed by atoms with E-state index in [1.54, 1.807) is 18.3 Å². The maximum Gasteiger partial charge on any atom is 0.241 e. The van der Waals surface area contributed by atoms with Gasteiger partial charge < -0.3 is 5.32 Å². The Labute approximate surface area is 117 Å². The minimum Gasteiger partial charge on any atom is -0.355 e. The molecule has 0 bridgehead atoms. The number of amides is 1. The summed E-state index contributed by atoms with van der Waals surface area (Å²) in [6.45, 7) is 1.28. The SMILES string of the molecule is N#CC(C(=O)NCCCn1cccn1)c1ccccc1. The van der Waals surface area contributed by atoms with Crippen LogP contribution in [0, 0.1) is 11.3 Å². The second-order valence-corrected chi connectivity index (χ2v) is 4.39. The van der Waals surface area contributed by atoms with Gasteiger partial charge in [-0.05, 0) is 18.1 Å². The van der Waals surface area contributed by atoms with E-state index in [1.807, 2.05) is 41.2 Å². The van der Waals surface area contributed by atoms with E-state index in [2.05, 4.69) is 10.4 Å². The molecule has 0 aliphatic carbocycles. The van der Waals surface area contributed by atoms with Gasteiger partial charge in [-0.1, -0.05) is 30.3 Å². The van der Waals surface area contributed by atoms with E-state index in [-0.39, 0.29) is 5.91 Å². The zero-order valence-corrected chi connectivity index (χ0v) is 11.1. The van der Waals surface area contributed by atoms with Crippen LogP contribution in [0.5, 0.6) is 0 Å². The van der Waals surface area contributed by atoms with Crippen molar-refractivity contribution in [2.24, 2.45) is 0 Å². The smallest absolute Gasteiger partial charge is 0.241 e. The first-order valence-corrected chi connectivity index (χ1v) is 6.51. The van der Waals surface area contributed by atoms with E-state index < -0.39 is 5.92 Å². The molecule has 1 heterocycles. The number of hydrogen-bond acceptors (Lipinski definition) is 3. The van der Waals surface area contributed by atoms with E-state index in [9.17, 15) is 4.79 Å². The number of nitriles is 1. The average molecular weight is 268 g/mol. The van der Waals surface area contributed by atoms with Gasteiger partial charge in [0.1, 0.15) is 5.92 Å². The van der Waals surface area contributed by atoms with Crippen molar-refractivity contribution in [1.29, 1.82) is 5.26 Å². The van der Waals surface area contributed by atoms with Crippen LogP contribution < -0.4 is 5.32 Å². The number of carbonyl (C=O) groups is 1. The number of carbonyl (C=O) groups excluding carboxylic acids is 1. The molecule has 2 aromatic rings. The van der Waals surface area contributed by atoms with Crippen LogP contribution in [-0.2, 0) is 11.3 Å². The number of benzene rings is 1. The van der Waals surface area contributed by atoms with E-state index in [1.165, 1.54) is 0 Å². The third kappa shape index (κ3) is 3.69. The van der Waals surface area contributed by atoms with Gasteiger partial charge in [-0.25, -0.2) is 0 Å². The molecular weight excluding hydrogens is 252 g/mol. The standard InChI is InChI=1S/C15H16N4O/c16-12-14(13-6-2-1-3-7-13)15(20)17-8-4-10-19-11-5-9-18-19/h1-3,5-7,9,11,14H,4,8,10H2,(H,17,20). The highest BCUT2D eigenvalue weighted by molar-refractivity contribution is 5.86. The van der Waals surface area contributed by atoms with Crippen molar-refractivity contribution in [3.8, 4) is 6.07 Å². The van der Waals surface area contributed by atoms with Gasteiger partial charge in [0, 0.05) is 25.5 Å². The monoisotopic (exact) mass is 268 g/mol. The lowest BCUT2D eigenvalue weighted by atomic mass is 10.00. The first kappa shape index (κ1) is 13.8. The van der Waals surface area contributed by atoms with Gasteiger partial charge in [0.25, 0.3) is 0 Å². The zero-order valence-electron chi connectivity index (χ0n) is 11.1. The highest BCUT2D eigenvalue weighted by Crippen LogP contribution is 2.14. The summed E-state index contributed by atoms with van der Waals surface area (Å²) >= 11 is 0. The van der Waals surface area contributed by atoms with Crippen molar-refractivity contribution < 1.29 is 4.79 Å². The zero-order chi connectivity index (χ0) is 14.2. The lowest BCUT2D eigenvalue weighted by molar-refractivity contribution is -0.121. The van der Waals surface area contributed by atoms with Crippen molar-refractivity contribution in [3.05, 3.63) is 54.4 Å². The molecule has 1 N–H and O–H groups in total. The summed E-state index contributed by atoms with van der Waals surface area (Å²) in [7, 11) is 0. The molecule has 0 spiro atoms. The Morgan fingerprint density at radius 1 is 1.35 bits per heavy atom. The van der Waals surface area contributed by atoms with Crippen LogP contribution in [-0.4, -0.2) is 22.2 Å². The van der Waals surface area contributed by atoms with Crippen LogP contribution in [0.25, 0.3) is 0 Å². The first-order valence-electron chi connectivity index (χ1n) is 6.51. The van der Waals surface area contributed by atoms with Crippen molar-refractivity contribution in [3.63, 3.8) is 0 Å². The minimum atomic E-state index is -0.749. The van der Waals surface area contributed by atoms with Gasteiger partial charge in [-0.3, -0.25) is 9.48 Å². The minimum absolute atomic E-state index is 0.251. The Balaban J connectivity index is 1.80. The van der Waals surface area contributed by atoms with Crippen LogP contribution >= 0.6 is 0 Å². The van der Waals surface area contributed by atoms with Gasteiger partial charge in [0.2, 0.25) is 5.91 Å². The normalized spacial score (nSPS) is 11.6. The Bertz CT molecular complexity index is 572. The number of aromatic nitrogens is 2. The van der Waals surface area contributed by atoms with E-state index in [0.29, 0.717) is 6.54 Å². The second kappa shape index (κ2) is 7.10. The number of rotatable bonds is 6. The predicted octanol–water partition coefficient (Wildman–Crippen LogP) is 1.70. The van der Waals surface area contributed by atoms with Gasteiger partial charge in [-0.15, -0.1) is 0 Å². The van der Waals surface area contributed by atoms with E-state index in [0.717, 1.165) is 18.5 Å². The van der Waals surface area contributed by atoms with Gasteiger partial charge >= 0.3 is 0 Å². The topological polar surface area (TPSA) is 70.7 Å². The van der Waals surface area contributed by atoms with Crippen molar-refractivity contribution >= 4 is 5.91 Å². The predicted molar refractivity (Wildman–Crippen MR) is 74.6 cm³/mol. The molecule has 0 radical (unpaired) electrons. The lowest BCUT2D eigenvalue weighted by Crippen LogP contribution is -2.30. The van der Waals surface area contributed by atoms with Crippen LogP contribution in [0.15, 0.2) is 48.8 Å². The van der Waals surface area contributed by atoms with Crippen LogP contribution in [0.2, 0.25) is 0 Å². The second-order valence-electron chi connectivity index (χ2n) is 4.39. The molecule has 1 aromatic carbocycles. The molecule has 0 aliphatic heterocycles. The van der Waals surface area contributed by atoms with Crippen LogP contribution in [0.1, 0.15) is 17.9 Å². The largest absolute Gasteiger partial charge is 0.355 e. The maximum absolute atomic E-state index is 12.0. The quantitative estimate of drug-likeness (QED) is 0.810. The summed E-state index contributed by atoms with van der Waals surface area (Å²) in [5, 5.41) is 16.0. The average Bonchev–Trinajstić information content (AvgIpc) is 2.99. The molecule has 0 saturated heterocycles. The van der Waals surface area contributed by atoms with Crippen LogP contribution in [0.3, 0.4) is 0 Å². The fraction of sp³-hybridized carbons (Fsp3) is 0.267. The first-order chi connectivity index (χ1) is 9.81.